The number of rotatable bonds is 6. The van der Waals surface area contributed by atoms with Gasteiger partial charge >= 0.3 is 0 Å². The molecular weight excluding hydrogens is 340 g/mol. The summed E-state index contributed by atoms with van der Waals surface area (Å²) in [5.74, 6) is 1.63. The number of nitrogens with one attached hydrogen (secondary N) is 3. The second-order valence-corrected chi connectivity index (χ2v) is 7.42. The molecule has 27 heavy (non-hydrogen) atoms. The van der Waals surface area contributed by atoms with Gasteiger partial charge in [0.25, 0.3) is 0 Å². The quantitative estimate of drug-likeness (QED) is 0.539. The number of benzene rings is 1. The van der Waals surface area contributed by atoms with Crippen molar-refractivity contribution in [1.82, 2.24) is 25.8 Å². The van der Waals surface area contributed by atoms with Gasteiger partial charge in [0.15, 0.2) is 11.8 Å². The Morgan fingerprint density at radius 1 is 1.41 bits per heavy atom. The summed E-state index contributed by atoms with van der Waals surface area (Å²) >= 11 is 0. The first kappa shape index (κ1) is 18.0. The van der Waals surface area contributed by atoms with E-state index in [0.29, 0.717) is 24.1 Å². The van der Waals surface area contributed by atoms with Crippen LogP contribution in [0.1, 0.15) is 38.2 Å². The fourth-order valence-electron chi connectivity index (χ4n) is 4.36. The molecule has 2 aromatic rings. The topological polar surface area (TPSA) is 87.2 Å². The molecule has 2 saturated carbocycles. The van der Waals surface area contributed by atoms with Gasteiger partial charge in [0.2, 0.25) is 0 Å². The molecule has 1 aromatic carbocycles. The second kappa shape index (κ2) is 7.68. The number of aromatic amines is 1. The average molecular weight is 368 g/mol. The lowest BCUT2D eigenvalue weighted by Crippen LogP contribution is -2.68. The van der Waals surface area contributed by atoms with Crippen molar-refractivity contribution in [2.45, 2.75) is 51.3 Å². The SMILES string of the molecule is CCOC1CC(NC(=NC)NCc2cccc(-c3ncn[nH]3)c2)C12CCC2. The van der Waals surface area contributed by atoms with Gasteiger partial charge in [-0.1, -0.05) is 24.6 Å². The maximum absolute atomic E-state index is 5.94. The van der Waals surface area contributed by atoms with Crippen LogP contribution in [0.25, 0.3) is 11.4 Å². The van der Waals surface area contributed by atoms with Crippen LogP contribution in [0.15, 0.2) is 35.6 Å². The Morgan fingerprint density at radius 3 is 2.96 bits per heavy atom. The lowest BCUT2D eigenvalue weighted by atomic mass is 9.51. The van der Waals surface area contributed by atoms with Gasteiger partial charge in [-0.25, -0.2) is 4.98 Å². The van der Waals surface area contributed by atoms with E-state index in [9.17, 15) is 0 Å². The molecule has 3 N–H and O–H groups in total. The molecule has 7 heteroatoms. The Morgan fingerprint density at radius 2 is 2.30 bits per heavy atom. The average Bonchev–Trinajstić information content (AvgIpc) is 3.17. The van der Waals surface area contributed by atoms with Gasteiger partial charge < -0.3 is 15.4 Å². The summed E-state index contributed by atoms with van der Waals surface area (Å²) in [7, 11) is 1.83. The van der Waals surface area contributed by atoms with Gasteiger partial charge in [0.1, 0.15) is 6.33 Å². The number of hydrogen-bond acceptors (Lipinski definition) is 4. The smallest absolute Gasteiger partial charge is 0.191 e. The second-order valence-electron chi connectivity index (χ2n) is 7.42. The number of guanidine groups is 1. The first-order valence-corrected chi connectivity index (χ1v) is 9.78. The van der Waals surface area contributed by atoms with Gasteiger partial charge in [0.05, 0.1) is 6.10 Å². The fourth-order valence-corrected chi connectivity index (χ4v) is 4.36. The first-order chi connectivity index (χ1) is 13.2. The first-order valence-electron chi connectivity index (χ1n) is 9.78. The molecule has 0 bridgehead atoms. The maximum Gasteiger partial charge on any atom is 0.191 e. The minimum Gasteiger partial charge on any atom is -0.378 e. The summed E-state index contributed by atoms with van der Waals surface area (Å²) < 4.78 is 5.94. The maximum atomic E-state index is 5.94. The van der Waals surface area contributed by atoms with E-state index in [2.05, 4.69) is 49.9 Å². The van der Waals surface area contributed by atoms with Crippen LogP contribution in [0, 0.1) is 5.41 Å². The van der Waals surface area contributed by atoms with Gasteiger partial charge in [-0.05, 0) is 37.8 Å². The predicted molar refractivity (Wildman–Crippen MR) is 105 cm³/mol. The molecule has 2 aliphatic rings. The van der Waals surface area contributed by atoms with E-state index in [1.807, 2.05) is 19.2 Å². The van der Waals surface area contributed by atoms with Crippen molar-refractivity contribution >= 4 is 5.96 Å². The highest BCUT2D eigenvalue weighted by atomic mass is 16.5. The summed E-state index contributed by atoms with van der Waals surface area (Å²) in [5, 5.41) is 13.9. The van der Waals surface area contributed by atoms with E-state index in [4.69, 9.17) is 4.74 Å². The molecule has 0 radical (unpaired) electrons. The van der Waals surface area contributed by atoms with Crippen LogP contribution in [-0.2, 0) is 11.3 Å². The Balaban J connectivity index is 1.35. The van der Waals surface area contributed by atoms with Crippen molar-refractivity contribution in [3.63, 3.8) is 0 Å². The van der Waals surface area contributed by atoms with Gasteiger partial charge in [-0.3, -0.25) is 10.1 Å². The molecule has 4 rings (SSSR count). The summed E-state index contributed by atoms with van der Waals surface area (Å²) in [6.07, 6.45) is 6.82. The van der Waals surface area contributed by atoms with Crippen molar-refractivity contribution in [2.24, 2.45) is 10.4 Å². The highest BCUT2D eigenvalue weighted by Crippen LogP contribution is 2.57. The van der Waals surface area contributed by atoms with Crippen molar-refractivity contribution in [3.8, 4) is 11.4 Å². The number of aliphatic imine (C=N–C) groups is 1. The normalized spacial score (nSPS) is 23.6. The minimum absolute atomic E-state index is 0.319. The van der Waals surface area contributed by atoms with Crippen molar-refractivity contribution < 1.29 is 4.74 Å². The van der Waals surface area contributed by atoms with Crippen molar-refractivity contribution in [2.75, 3.05) is 13.7 Å². The molecule has 1 heterocycles. The summed E-state index contributed by atoms with van der Waals surface area (Å²) in [5.41, 5.74) is 2.52. The number of hydrogen-bond donors (Lipinski definition) is 3. The Hall–Kier alpha value is -2.41. The monoisotopic (exact) mass is 368 g/mol. The Labute approximate surface area is 160 Å². The summed E-state index contributed by atoms with van der Waals surface area (Å²) in [6, 6.07) is 8.73. The number of nitrogens with zero attached hydrogens (tertiary/aromatic N) is 3. The van der Waals surface area contributed by atoms with Crippen LogP contribution < -0.4 is 10.6 Å². The minimum atomic E-state index is 0.319. The van der Waals surface area contributed by atoms with Crippen LogP contribution >= 0.6 is 0 Å². The zero-order valence-electron chi connectivity index (χ0n) is 16.0. The number of ether oxygens (including phenoxy) is 1. The molecular formula is C20H28N6O. The van der Waals surface area contributed by atoms with Gasteiger partial charge in [-0.15, -0.1) is 0 Å². The standard InChI is InChI=1S/C20H28N6O/c1-3-27-17-11-16(20(17)8-5-9-20)25-19(21-2)22-12-14-6-4-7-15(10-14)18-23-13-24-26-18/h4,6-7,10,13,16-17H,3,5,8-9,11-12H2,1-2H3,(H2,21,22,25)(H,23,24,26). The van der Waals surface area contributed by atoms with E-state index < -0.39 is 0 Å². The highest BCUT2D eigenvalue weighted by Gasteiger charge is 2.59. The zero-order chi connectivity index (χ0) is 18.7. The van der Waals surface area contributed by atoms with Crippen LogP contribution in [-0.4, -0.2) is 46.9 Å². The van der Waals surface area contributed by atoms with E-state index in [1.165, 1.54) is 31.2 Å². The van der Waals surface area contributed by atoms with Crippen LogP contribution in [0.5, 0.6) is 0 Å². The van der Waals surface area contributed by atoms with Crippen LogP contribution in [0.3, 0.4) is 0 Å². The molecule has 2 aliphatic carbocycles. The Kier molecular flexibility index (Phi) is 5.11. The molecule has 0 aliphatic heterocycles. The number of aromatic nitrogens is 3. The lowest BCUT2D eigenvalue weighted by Gasteiger charge is -2.61. The Bertz CT molecular complexity index is 784. The largest absolute Gasteiger partial charge is 0.378 e. The molecule has 1 spiro atoms. The lowest BCUT2D eigenvalue weighted by molar-refractivity contribution is -0.168. The molecule has 0 amide bonds. The van der Waals surface area contributed by atoms with Gasteiger partial charge in [-0.2, -0.15) is 5.10 Å². The molecule has 2 fully saturated rings. The third-order valence-corrected chi connectivity index (χ3v) is 6.05. The predicted octanol–water partition coefficient (Wildman–Crippen LogP) is 2.48. The van der Waals surface area contributed by atoms with Crippen LogP contribution in [0.4, 0.5) is 0 Å². The molecule has 0 saturated heterocycles. The summed E-state index contributed by atoms with van der Waals surface area (Å²) in [4.78, 5) is 8.63. The highest BCUT2D eigenvalue weighted by molar-refractivity contribution is 5.80. The van der Waals surface area contributed by atoms with Crippen LogP contribution in [0.2, 0.25) is 0 Å². The van der Waals surface area contributed by atoms with E-state index in [0.717, 1.165) is 30.4 Å². The van der Waals surface area contributed by atoms with E-state index in [-0.39, 0.29) is 0 Å². The zero-order valence-corrected chi connectivity index (χ0v) is 16.0. The molecule has 7 nitrogen and oxygen atoms in total. The van der Waals surface area contributed by atoms with E-state index >= 15 is 0 Å². The third kappa shape index (κ3) is 3.43. The third-order valence-electron chi connectivity index (χ3n) is 6.05. The number of H-pyrrole nitrogens is 1. The molecule has 2 unspecified atom stereocenters. The van der Waals surface area contributed by atoms with Gasteiger partial charge in [0, 0.05) is 37.2 Å². The molecule has 144 valence electrons. The summed E-state index contributed by atoms with van der Waals surface area (Å²) in [6.45, 7) is 3.59. The van der Waals surface area contributed by atoms with Crippen molar-refractivity contribution in [3.05, 3.63) is 36.2 Å². The molecule has 2 atom stereocenters. The van der Waals surface area contributed by atoms with Crippen molar-refractivity contribution in [1.29, 1.82) is 0 Å². The molecule has 1 aromatic heterocycles. The fraction of sp³-hybridized carbons (Fsp3) is 0.550. The van der Waals surface area contributed by atoms with E-state index in [1.54, 1.807) is 0 Å².